The molecule has 0 radical (unpaired) electrons. The van der Waals surface area contributed by atoms with Crippen molar-refractivity contribution in [2.24, 2.45) is 0 Å². The molecule has 4 heterocycles. The van der Waals surface area contributed by atoms with E-state index in [1.54, 1.807) is 23.5 Å². The zero-order valence-electron chi connectivity index (χ0n) is 16.0. The number of benzene rings is 1. The number of carbonyl (C=O) groups is 1. The van der Waals surface area contributed by atoms with Gasteiger partial charge in [-0.3, -0.25) is 4.79 Å². The number of phenols is 1. The summed E-state index contributed by atoms with van der Waals surface area (Å²) in [6.45, 7) is 1.34. The number of phenolic OH excluding ortho intramolecular Hbond substituents is 1. The van der Waals surface area contributed by atoms with E-state index in [9.17, 15) is 9.90 Å². The van der Waals surface area contributed by atoms with Gasteiger partial charge in [0.1, 0.15) is 10.8 Å². The number of rotatable bonds is 3. The maximum Gasteiger partial charge on any atom is 0.257 e. The van der Waals surface area contributed by atoms with Crippen LogP contribution < -0.4 is 0 Å². The van der Waals surface area contributed by atoms with Crippen molar-refractivity contribution >= 4 is 34.6 Å². The Kier molecular flexibility index (Phi) is 4.97. The Morgan fingerprint density at radius 3 is 2.59 bits per heavy atom. The first-order valence-electron chi connectivity index (χ1n) is 9.84. The van der Waals surface area contributed by atoms with Crippen LogP contribution >= 0.6 is 23.1 Å². The van der Waals surface area contributed by atoms with E-state index >= 15 is 0 Å². The molecule has 6 heteroatoms. The molecule has 3 aromatic rings. The molecule has 0 fully saturated rings. The molecule has 2 aliphatic heterocycles. The van der Waals surface area contributed by atoms with E-state index in [1.165, 1.54) is 16.0 Å². The van der Waals surface area contributed by atoms with Gasteiger partial charge >= 0.3 is 0 Å². The predicted octanol–water partition coefficient (Wildman–Crippen LogP) is 4.96. The first-order valence-corrected chi connectivity index (χ1v) is 11.8. The zero-order chi connectivity index (χ0) is 19.8. The highest BCUT2D eigenvalue weighted by Gasteiger charge is 2.30. The van der Waals surface area contributed by atoms with Crippen LogP contribution in [0.3, 0.4) is 0 Å². The Bertz CT molecular complexity index is 1070. The van der Waals surface area contributed by atoms with Gasteiger partial charge < -0.3 is 14.6 Å². The number of nitrogens with zero attached hydrogens (tertiary/aromatic N) is 2. The summed E-state index contributed by atoms with van der Waals surface area (Å²) >= 11 is 3.72. The van der Waals surface area contributed by atoms with Crippen LogP contribution in [-0.2, 0) is 12.2 Å². The molecule has 0 bridgehead atoms. The minimum Gasteiger partial charge on any atom is -0.508 e. The second kappa shape index (κ2) is 7.76. The molecule has 148 valence electrons. The number of aromatic hydroxyl groups is 1. The molecule has 0 aliphatic carbocycles. The average Bonchev–Trinajstić information content (AvgIpc) is 3.42. The zero-order valence-corrected chi connectivity index (χ0v) is 17.6. The fraction of sp³-hybridized carbons (Fsp3) is 0.261. The van der Waals surface area contributed by atoms with Crippen molar-refractivity contribution in [2.75, 3.05) is 18.8 Å². The van der Waals surface area contributed by atoms with Gasteiger partial charge in [0.15, 0.2) is 0 Å². The molecule has 0 unspecified atom stereocenters. The number of hydrogen-bond donors (Lipinski definition) is 1. The Morgan fingerprint density at radius 2 is 1.86 bits per heavy atom. The first-order chi connectivity index (χ1) is 14.2. The summed E-state index contributed by atoms with van der Waals surface area (Å²) in [5, 5.41) is 10.6. The summed E-state index contributed by atoms with van der Waals surface area (Å²) < 4.78 is 2.09. The summed E-state index contributed by atoms with van der Waals surface area (Å²) in [7, 11) is 0. The van der Waals surface area contributed by atoms with E-state index in [2.05, 4.69) is 10.6 Å². The van der Waals surface area contributed by atoms with E-state index in [0.29, 0.717) is 6.54 Å². The summed E-state index contributed by atoms with van der Waals surface area (Å²) in [6, 6.07) is 11.3. The van der Waals surface area contributed by atoms with Crippen LogP contribution in [0.2, 0.25) is 0 Å². The van der Waals surface area contributed by atoms with Crippen LogP contribution in [0.4, 0.5) is 0 Å². The molecule has 1 amide bonds. The number of fused-ring (bicyclic) bond motifs is 1. The summed E-state index contributed by atoms with van der Waals surface area (Å²) in [4.78, 5) is 16.9. The van der Waals surface area contributed by atoms with E-state index in [1.807, 2.05) is 53.3 Å². The number of aromatic nitrogens is 1. The monoisotopic (exact) mass is 422 g/mol. The Balaban J connectivity index is 1.44. The molecule has 29 heavy (non-hydrogen) atoms. The Labute approximate surface area is 178 Å². The highest BCUT2D eigenvalue weighted by Crippen LogP contribution is 2.39. The highest BCUT2D eigenvalue weighted by atomic mass is 32.2. The molecule has 4 nitrogen and oxygen atoms in total. The molecule has 0 spiro atoms. The number of hydrogen-bond acceptors (Lipinski definition) is 4. The molecule has 5 rings (SSSR count). The lowest BCUT2D eigenvalue weighted by Gasteiger charge is -2.27. The highest BCUT2D eigenvalue weighted by molar-refractivity contribution is 7.98. The van der Waals surface area contributed by atoms with Crippen molar-refractivity contribution in [3.8, 4) is 10.8 Å². The van der Waals surface area contributed by atoms with Crippen molar-refractivity contribution < 1.29 is 9.90 Å². The number of amides is 1. The number of thiophene rings is 1. The van der Waals surface area contributed by atoms with Gasteiger partial charge in [0.25, 0.3) is 5.91 Å². The van der Waals surface area contributed by atoms with Gasteiger partial charge in [-0.2, -0.15) is 11.8 Å². The van der Waals surface area contributed by atoms with Crippen LogP contribution in [0.1, 0.15) is 32.8 Å². The standard InChI is InChI=1S/C23H22N2O2S2/c26-18-5-3-16(4-6-18)17-7-12-24(13-8-17)22(27)21-19-9-14-28-15-20(19)29-23(21)25-10-1-2-11-25/h1-7,10-11,26H,8-9,12-15H2. The number of carbonyl (C=O) groups excluding carboxylic acids is 1. The Hall–Kier alpha value is -2.44. The van der Waals surface area contributed by atoms with Crippen LogP contribution in [0.15, 0.2) is 54.9 Å². The molecule has 1 N–H and O–H groups in total. The summed E-state index contributed by atoms with van der Waals surface area (Å²) in [5.74, 6) is 2.52. The van der Waals surface area contributed by atoms with Gasteiger partial charge in [-0.05, 0) is 59.6 Å². The SMILES string of the molecule is O=C(c1c(-n2cccc2)sc2c1CCSC2)N1CC=C(c2ccc(O)cc2)CC1. The number of thioether (sulfide) groups is 1. The minimum absolute atomic E-state index is 0.152. The van der Waals surface area contributed by atoms with Crippen LogP contribution in [0.5, 0.6) is 5.75 Å². The molecule has 1 aromatic carbocycles. The van der Waals surface area contributed by atoms with Crippen molar-refractivity contribution in [1.29, 1.82) is 0 Å². The normalized spacial score (nSPS) is 16.4. The second-order valence-electron chi connectivity index (χ2n) is 7.35. The average molecular weight is 423 g/mol. The third kappa shape index (κ3) is 3.51. The smallest absolute Gasteiger partial charge is 0.257 e. The van der Waals surface area contributed by atoms with Crippen molar-refractivity contribution in [2.45, 2.75) is 18.6 Å². The van der Waals surface area contributed by atoms with Gasteiger partial charge in [0.2, 0.25) is 0 Å². The lowest BCUT2D eigenvalue weighted by molar-refractivity contribution is 0.0772. The molecular weight excluding hydrogens is 400 g/mol. The van der Waals surface area contributed by atoms with Gasteiger partial charge in [-0.15, -0.1) is 11.3 Å². The maximum absolute atomic E-state index is 13.6. The van der Waals surface area contributed by atoms with E-state index in [-0.39, 0.29) is 11.7 Å². The molecule has 0 saturated heterocycles. The van der Waals surface area contributed by atoms with Gasteiger partial charge in [-0.1, -0.05) is 18.2 Å². The third-order valence-electron chi connectivity index (χ3n) is 5.59. The molecule has 2 aromatic heterocycles. The first kappa shape index (κ1) is 18.6. The summed E-state index contributed by atoms with van der Waals surface area (Å²) in [6.07, 6.45) is 8.01. The van der Waals surface area contributed by atoms with Crippen molar-refractivity contribution in [1.82, 2.24) is 9.47 Å². The molecule has 0 saturated carbocycles. The fourth-order valence-electron chi connectivity index (χ4n) is 4.04. The molecule has 0 atom stereocenters. The predicted molar refractivity (Wildman–Crippen MR) is 120 cm³/mol. The van der Waals surface area contributed by atoms with Crippen molar-refractivity contribution in [3.63, 3.8) is 0 Å². The van der Waals surface area contributed by atoms with Gasteiger partial charge in [0, 0.05) is 36.1 Å². The van der Waals surface area contributed by atoms with E-state index < -0.39 is 0 Å². The van der Waals surface area contributed by atoms with E-state index in [0.717, 1.165) is 47.0 Å². The van der Waals surface area contributed by atoms with Crippen LogP contribution in [-0.4, -0.2) is 39.3 Å². The maximum atomic E-state index is 13.6. The third-order valence-corrected chi connectivity index (χ3v) is 8.00. The van der Waals surface area contributed by atoms with Crippen molar-refractivity contribution in [3.05, 3.63) is 76.4 Å². The quantitative estimate of drug-likeness (QED) is 0.649. The minimum atomic E-state index is 0.152. The molecular formula is C23H22N2O2S2. The summed E-state index contributed by atoms with van der Waals surface area (Å²) in [5.41, 5.74) is 4.52. The second-order valence-corrected chi connectivity index (χ2v) is 9.54. The van der Waals surface area contributed by atoms with E-state index in [4.69, 9.17) is 0 Å². The van der Waals surface area contributed by atoms with Gasteiger partial charge in [-0.25, -0.2) is 0 Å². The van der Waals surface area contributed by atoms with Crippen LogP contribution in [0, 0.1) is 0 Å². The van der Waals surface area contributed by atoms with Crippen LogP contribution in [0.25, 0.3) is 10.6 Å². The largest absolute Gasteiger partial charge is 0.508 e. The Morgan fingerprint density at radius 1 is 1.07 bits per heavy atom. The van der Waals surface area contributed by atoms with Gasteiger partial charge in [0.05, 0.1) is 5.56 Å². The molecule has 2 aliphatic rings. The lowest BCUT2D eigenvalue weighted by Crippen LogP contribution is -2.35. The topological polar surface area (TPSA) is 45.5 Å². The fourth-order valence-corrected chi connectivity index (χ4v) is 6.48. The lowest BCUT2D eigenvalue weighted by atomic mass is 9.98.